The normalized spacial score (nSPS) is 12.8. The largest absolute Gasteiger partial charge is 0.469 e. The van der Waals surface area contributed by atoms with E-state index in [-0.39, 0.29) is 31.0 Å². The monoisotopic (exact) mass is 300 g/mol. The fraction of sp³-hybridized carbons (Fsp3) is 0.667. The minimum atomic E-state index is -0.624. The van der Waals surface area contributed by atoms with Crippen molar-refractivity contribution in [2.75, 3.05) is 13.7 Å². The predicted octanol–water partition coefficient (Wildman–Crippen LogP) is 2.02. The molecule has 0 saturated carbocycles. The summed E-state index contributed by atoms with van der Waals surface area (Å²) in [5, 5.41) is 0. The molecule has 0 aliphatic rings. The number of methoxy groups -OCH3 is 1. The minimum absolute atomic E-state index is 0.159. The van der Waals surface area contributed by atoms with Crippen molar-refractivity contribution >= 4 is 17.9 Å². The van der Waals surface area contributed by atoms with Gasteiger partial charge in [0.25, 0.3) is 0 Å². The van der Waals surface area contributed by atoms with E-state index >= 15 is 0 Å². The van der Waals surface area contributed by atoms with Gasteiger partial charge in [-0.05, 0) is 24.8 Å². The predicted molar refractivity (Wildman–Crippen MR) is 76.4 cm³/mol. The molecule has 0 aliphatic carbocycles. The third kappa shape index (κ3) is 8.83. The zero-order valence-corrected chi connectivity index (χ0v) is 13.3. The Balaban J connectivity index is 4.24. The molecule has 1 atom stereocenters. The van der Waals surface area contributed by atoms with Gasteiger partial charge < -0.3 is 14.2 Å². The fourth-order valence-corrected chi connectivity index (χ4v) is 1.75. The highest BCUT2D eigenvalue weighted by Gasteiger charge is 2.18. The second-order valence-corrected chi connectivity index (χ2v) is 4.98. The summed E-state index contributed by atoms with van der Waals surface area (Å²) in [4.78, 5) is 33.1. The molecule has 0 bridgehead atoms. The lowest BCUT2D eigenvalue weighted by atomic mass is 9.99. The van der Waals surface area contributed by atoms with Crippen LogP contribution in [0.4, 0.5) is 0 Å². The van der Waals surface area contributed by atoms with Crippen LogP contribution < -0.4 is 0 Å². The van der Waals surface area contributed by atoms with Gasteiger partial charge in [-0.2, -0.15) is 0 Å². The van der Waals surface area contributed by atoms with Crippen LogP contribution in [0.1, 0.15) is 40.5 Å². The summed E-state index contributed by atoms with van der Waals surface area (Å²) in [5.41, 5.74) is 0.907. The van der Waals surface area contributed by atoms with Gasteiger partial charge >= 0.3 is 17.9 Å². The molecule has 0 N–H and O–H groups in total. The van der Waals surface area contributed by atoms with E-state index in [0.717, 1.165) is 5.57 Å². The van der Waals surface area contributed by atoms with E-state index in [0.29, 0.717) is 6.42 Å². The molecule has 0 aromatic carbocycles. The molecular weight excluding hydrogens is 276 g/mol. The van der Waals surface area contributed by atoms with Gasteiger partial charge in [0.15, 0.2) is 0 Å². The Morgan fingerprint density at radius 2 is 1.71 bits per heavy atom. The number of carbonyl (C=O) groups excluding carboxylic acids is 3. The summed E-state index contributed by atoms with van der Waals surface area (Å²) in [6.07, 6.45) is 1.68. The van der Waals surface area contributed by atoms with Crippen LogP contribution in [-0.4, -0.2) is 37.7 Å². The molecule has 0 aromatic rings. The quantitative estimate of drug-likeness (QED) is 0.224. The van der Waals surface area contributed by atoms with Crippen molar-refractivity contribution in [1.29, 1.82) is 0 Å². The molecule has 21 heavy (non-hydrogen) atoms. The third-order valence-corrected chi connectivity index (χ3v) is 2.71. The average molecular weight is 300 g/mol. The Morgan fingerprint density at radius 1 is 1.10 bits per heavy atom. The number of carbonyl (C=O) groups is 3. The molecule has 0 saturated heterocycles. The molecule has 0 spiro atoms. The number of ether oxygens (including phenoxy) is 3. The highest BCUT2D eigenvalue weighted by Crippen LogP contribution is 2.16. The Bertz CT molecular complexity index is 397. The molecule has 0 aliphatic heterocycles. The van der Waals surface area contributed by atoms with Crippen molar-refractivity contribution < 1.29 is 28.6 Å². The highest BCUT2D eigenvalue weighted by atomic mass is 16.5. The number of esters is 3. The summed E-state index contributed by atoms with van der Waals surface area (Å²) in [5.74, 6) is -1.41. The zero-order valence-electron chi connectivity index (χ0n) is 13.3. The second kappa shape index (κ2) is 9.96. The third-order valence-electron chi connectivity index (χ3n) is 2.71. The van der Waals surface area contributed by atoms with Gasteiger partial charge in [-0.25, -0.2) is 0 Å². The van der Waals surface area contributed by atoms with E-state index in [9.17, 15) is 14.4 Å². The topological polar surface area (TPSA) is 78.9 Å². The summed E-state index contributed by atoms with van der Waals surface area (Å²) in [6.45, 7) is 7.32. The van der Waals surface area contributed by atoms with Crippen molar-refractivity contribution in [3.8, 4) is 0 Å². The Labute approximate surface area is 125 Å². The van der Waals surface area contributed by atoms with Crippen LogP contribution in [0.2, 0.25) is 0 Å². The first kappa shape index (κ1) is 19.1. The van der Waals surface area contributed by atoms with Crippen LogP contribution in [0.3, 0.4) is 0 Å². The molecule has 1 unspecified atom stereocenters. The number of hydrogen-bond acceptors (Lipinski definition) is 6. The maximum atomic E-state index is 11.2. The van der Waals surface area contributed by atoms with Crippen LogP contribution in [-0.2, 0) is 28.6 Å². The van der Waals surface area contributed by atoms with E-state index in [2.05, 4.69) is 4.74 Å². The summed E-state index contributed by atoms with van der Waals surface area (Å²) >= 11 is 0. The molecule has 0 radical (unpaired) electrons. The van der Waals surface area contributed by atoms with Gasteiger partial charge in [-0.3, -0.25) is 14.4 Å². The average Bonchev–Trinajstić information content (AvgIpc) is 2.39. The molecule has 0 rings (SSSR count). The molecular formula is C15H24O6. The Hall–Kier alpha value is -1.85. The number of hydrogen-bond donors (Lipinski definition) is 0. The smallest absolute Gasteiger partial charge is 0.317 e. The van der Waals surface area contributed by atoms with Crippen molar-refractivity contribution in [2.24, 2.45) is 5.92 Å². The fourth-order valence-electron chi connectivity index (χ4n) is 1.75. The van der Waals surface area contributed by atoms with E-state index in [4.69, 9.17) is 9.47 Å². The summed E-state index contributed by atoms with van der Waals surface area (Å²) in [6, 6.07) is 0. The molecule has 0 amide bonds. The molecule has 120 valence electrons. The van der Waals surface area contributed by atoms with Gasteiger partial charge in [0.2, 0.25) is 0 Å². The molecule has 0 heterocycles. The van der Waals surface area contributed by atoms with Gasteiger partial charge in [-0.1, -0.05) is 19.9 Å². The zero-order chi connectivity index (χ0) is 16.4. The van der Waals surface area contributed by atoms with Crippen molar-refractivity contribution in [3.63, 3.8) is 0 Å². The minimum Gasteiger partial charge on any atom is -0.469 e. The Morgan fingerprint density at radius 3 is 2.19 bits per heavy atom. The van der Waals surface area contributed by atoms with Crippen molar-refractivity contribution in [2.45, 2.75) is 46.6 Å². The maximum Gasteiger partial charge on any atom is 0.317 e. The van der Waals surface area contributed by atoms with Crippen molar-refractivity contribution in [3.05, 3.63) is 11.6 Å². The lowest BCUT2D eigenvalue weighted by Crippen LogP contribution is -2.23. The van der Waals surface area contributed by atoms with E-state index in [1.807, 2.05) is 26.8 Å². The van der Waals surface area contributed by atoms with Gasteiger partial charge in [0.05, 0.1) is 13.7 Å². The summed E-state index contributed by atoms with van der Waals surface area (Å²) < 4.78 is 14.5. The standard InChI is InChI=1S/C15H24O6/c1-10(2)15(21-12(4)16)11(3)7-6-8-20-14(18)9-13(17)19-5/h7,10,15H,6,8-9H2,1-5H3/b11-7+. The van der Waals surface area contributed by atoms with Crippen molar-refractivity contribution in [1.82, 2.24) is 0 Å². The first-order valence-corrected chi connectivity index (χ1v) is 6.84. The van der Waals surface area contributed by atoms with Gasteiger partial charge in [0, 0.05) is 6.92 Å². The molecule has 6 heteroatoms. The number of rotatable bonds is 8. The van der Waals surface area contributed by atoms with E-state index < -0.39 is 11.9 Å². The molecule has 0 fully saturated rings. The van der Waals surface area contributed by atoms with Gasteiger partial charge in [0.1, 0.15) is 12.5 Å². The van der Waals surface area contributed by atoms with Crippen LogP contribution in [0.25, 0.3) is 0 Å². The van der Waals surface area contributed by atoms with Crippen LogP contribution in [0.15, 0.2) is 11.6 Å². The maximum absolute atomic E-state index is 11.2. The van der Waals surface area contributed by atoms with E-state index in [1.54, 1.807) is 0 Å². The first-order valence-electron chi connectivity index (χ1n) is 6.84. The first-order chi connectivity index (χ1) is 9.77. The Kier molecular flexibility index (Phi) is 9.08. The summed E-state index contributed by atoms with van der Waals surface area (Å²) in [7, 11) is 1.21. The lowest BCUT2D eigenvalue weighted by molar-refractivity contribution is -0.153. The molecule has 6 nitrogen and oxygen atoms in total. The lowest BCUT2D eigenvalue weighted by Gasteiger charge is -2.21. The van der Waals surface area contributed by atoms with E-state index in [1.165, 1.54) is 14.0 Å². The second-order valence-electron chi connectivity index (χ2n) is 4.98. The molecule has 0 aromatic heterocycles. The SMILES string of the molecule is COC(=O)CC(=O)OCC/C=C(\C)C(OC(C)=O)C(C)C. The highest BCUT2D eigenvalue weighted by molar-refractivity contribution is 5.91. The van der Waals surface area contributed by atoms with Gasteiger partial charge in [-0.15, -0.1) is 0 Å². The van der Waals surface area contributed by atoms with Crippen LogP contribution in [0.5, 0.6) is 0 Å². The van der Waals surface area contributed by atoms with Crippen LogP contribution >= 0.6 is 0 Å². The van der Waals surface area contributed by atoms with Crippen LogP contribution in [0, 0.1) is 5.92 Å².